The second-order valence-electron chi connectivity index (χ2n) is 7.57. The van der Waals surface area contributed by atoms with Crippen molar-refractivity contribution in [2.45, 2.75) is 10.8 Å². The molecule has 162 valence electrons. The van der Waals surface area contributed by atoms with E-state index in [9.17, 15) is 8.42 Å². The fraction of sp³-hybridized carbons (Fsp3) is 0.167. The molecule has 1 fully saturated rings. The quantitative estimate of drug-likeness (QED) is 0.440. The van der Waals surface area contributed by atoms with Crippen LogP contribution in [-0.4, -0.2) is 43.1 Å². The molecule has 0 atom stereocenters. The summed E-state index contributed by atoms with van der Waals surface area (Å²) < 4.78 is 38.2. The molecule has 2 heterocycles. The summed E-state index contributed by atoms with van der Waals surface area (Å²) in [6, 6.07) is 24.2. The van der Waals surface area contributed by atoms with E-state index in [1.807, 2.05) is 66.7 Å². The van der Waals surface area contributed by atoms with Crippen molar-refractivity contribution in [1.82, 2.24) is 14.4 Å². The van der Waals surface area contributed by atoms with E-state index in [0.717, 1.165) is 16.7 Å². The van der Waals surface area contributed by atoms with Gasteiger partial charge >= 0.3 is 0 Å². The highest BCUT2D eigenvalue weighted by atomic mass is 32.2. The molecule has 1 aliphatic heterocycles. The molecular formula is C24H21N3O4S. The molecule has 3 aromatic carbocycles. The van der Waals surface area contributed by atoms with E-state index in [1.54, 1.807) is 19.2 Å². The topological polar surface area (TPSA) is 85.5 Å². The number of ether oxygens (including phenoxy) is 1. The smallest absolute Gasteiger partial charge is 0.243 e. The fourth-order valence-corrected chi connectivity index (χ4v) is 5.26. The van der Waals surface area contributed by atoms with Crippen LogP contribution in [0.3, 0.4) is 0 Å². The second-order valence-corrected chi connectivity index (χ2v) is 9.50. The number of benzene rings is 3. The largest absolute Gasteiger partial charge is 0.496 e. The Labute approximate surface area is 186 Å². The molecule has 0 aliphatic carbocycles. The lowest BCUT2D eigenvalue weighted by Gasteiger charge is -2.35. The molecule has 1 saturated heterocycles. The van der Waals surface area contributed by atoms with Crippen molar-refractivity contribution in [3.8, 4) is 28.3 Å². The predicted molar refractivity (Wildman–Crippen MR) is 120 cm³/mol. The average molecular weight is 448 g/mol. The van der Waals surface area contributed by atoms with Crippen molar-refractivity contribution in [2.24, 2.45) is 0 Å². The molecule has 7 nitrogen and oxygen atoms in total. The van der Waals surface area contributed by atoms with Crippen LogP contribution in [0.4, 0.5) is 0 Å². The van der Waals surface area contributed by atoms with Crippen LogP contribution in [0.15, 0.2) is 88.3 Å². The summed E-state index contributed by atoms with van der Waals surface area (Å²) in [7, 11) is -1.99. The van der Waals surface area contributed by atoms with Crippen LogP contribution in [0.5, 0.6) is 5.75 Å². The highest BCUT2D eigenvalue weighted by molar-refractivity contribution is 7.89. The molecule has 4 aromatic rings. The number of aromatic nitrogens is 2. The van der Waals surface area contributed by atoms with Gasteiger partial charge in [-0.15, -0.1) is 0 Å². The van der Waals surface area contributed by atoms with E-state index < -0.39 is 10.0 Å². The Morgan fingerprint density at radius 2 is 1.56 bits per heavy atom. The third-order valence-electron chi connectivity index (χ3n) is 5.59. The predicted octanol–water partition coefficient (Wildman–Crippen LogP) is 4.20. The van der Waals surface area contributed by atoms with Gasteiger partial charge in [-0.3, -0.25) is 0 Å². The SMILES string of the molecule is COc1ccccc1-c1noc(C2CN(S(=O)(=O)c3ccc(-c4ccccc4)cc3)C2)n1. The van der Waals surface area contributed by atoms with E-state index in [1.165, 1.54) is 4.31 Å². The molecule has 32 heavy (non-hydrogen) atoms. The van der Waals surface area contributed by atoms with Gasteiger partial charge in [-0.2, -0.15) is 9.29 Å². The normalized spacial score (nSPS) is 14.8. The number of hydrogen-bond acceptors (Lipinski definition) is 6. The summed E-state index contributed by atoms with van der Waals surface area (Å²) in [5.74, 6) is 1.37. The van der Waals surface area contributed by atoms with Crippen LogP contribution in [0.1, 0.15) is 11.8 Å². The standard InChI is InChI=1S/C24H21N3O4S/c1-30-22-10-6-5-9-21(22)23-25-24(31-26-23)19-15-27(16-19)32(28,29)20-13-11-18(12-14-20)17-7-3-2-4-8-17/h2-14,19H,15-16H2,1H3. The van der Waals surface area contributed by atoms with Crippen molar-refractivity contribution in [3.05, 3.63) is 84.8 Å². The summed E-state index contributed by atoms with van der Waals surface area (Å²) >= 11 is 0. The van der Waals surface area contributed by atoms with Crippen molar-refractivity contribution in [3.63, 3.8) is 0 Å². The summed E-state index contributed by atoms with van der Waals surface area (Å²) in [5, 5.41) is 4.05. The first-order valence-electron chi connectivity index (χ1n) is 10.2. The van der Waals surface area contributed by atoms with E-state index in [2.05, 4.69) is 10.1 Å². The van der Waals surface area contributed by atoms with Crippen molar-refractivity contribution in [2.75, 3.05) is 20.2 Å². The molecule has 0 radical (unpaired) electrons. The number of rotatable bonds is 6. The molecule has 1 aromatic heterocycles. The third kappa shape index (κ3) is 3.68. The van der Waals surface area contributed by atoms with E-state index >= 15 is 0 Å². The minimum Gasteiger partial charge on any atom is -0.496 e. The first-order valence-corrected chi connectivity index (χ1v) is 11.6. The molecule has 1 aliphatic rings. The number of nitrogens with zero attached hydrogens (tertiary/aromatic N) is 3. The highest BCUT2D eigenvalue weighted by Gasteiger charge is 2.40. The molecular weight excluding hydrogens is 426 g/mol. The number of sulfonamides is 1. The Bertz CT molecular complexity index is 1330. The van der Waals surface area contributed by atoms with Gasteiger partial charge in [-0.25, -0.2) is 8.42 Å². The van der Waals surface area contributed by atoms with Gasteiger partial charge < -0.3 is 9.26 Å². The number of para-hydroxylation sites is 1. The zero-order valence-corrected chi connectivity index (χ0v) is 18.2. The van der Waals surface area contributed by atoms with Crippen LogP contribution in [0.25, 0.3) is 22.5 Å². The van der Waals surface area contributed by atoms with Crippen molar-refractivity contribution < 1.29 is 17.7 Å². The molecule has 0 unspecified atom stereocenters. The van der Waals surface area contributed by atoms with Gasteiger partial charge in [-0.05, 0) is 35.4 Å². The zero-order chi connectivity index (χ0) is 22.1. The Hall–Kier alpha value is -3.49. The molecule has 5 rings (SSSR count). The Morgan fingerprint density at radius 1 is 0.906 bits per heavy atom. The average Bonchev–Trinajstić information content (AvgIpc) is 3.28. The number of methoxy groups -OCH3 is 1. The molecule has 0 spiro atoms. The van der Waals surface area contributed by atoms with Gasteiger partial charge in [0, 0.05) is 13.1 Å². The lowest BCUT2D eigenvalue weighted by atomic mass is 10.0. The Balaban J connectivity index is 1.28. The van der Waals surface area contributed by atoms with Gasteiger partial charge in [0.2, 0.25) is 21.7 Å². The summed E-state index contributed by atoms with van der Waals surface area (Å²) in [4.78, 5) is 4.74. The van der Waals surface area contributed by atoms with Gasteiger partial charge in [0.05, 0.1) is 23.5 Å². The molecule has 0 N–H and O–H groups in total. The zero-order valence-electron chi connectivity index (χ0n) is 17.4. The first-order chi connectivity index (χ1) is 15.6. The minimum absolute atomic E-state index is 0.135. The summed E-state index contributed by atoms with van der Waals surface area (Å²) in [6.45, 7) is 0.604. The van der Waals surface area contributed by atoms with Crippen molar-refractivity contribution in [1.29, 1.82) is 0 Å². The fourth-order valence-electron chi connectivity index (χ4n) is 3.73. The van der Waals surface area contributed by atoms with E-state index in [0.29, 0.717) is 30.6 Å². The summed E-state index contributed by atoms with van der Waals surface area (Å²) in [6.07, 6.45) is 0. The van der Waals surface area contributed by atoms with Crippen LogP contribution in [0, 0.1) is 0 Å². The first kappa shape index (κ1) is 20.4. The lowest BCUT2D eigenvalue weighted by Crippen LogP contribution is -2.48. The third-order valence-corrected chi connectivity index (χ3v) is 7.43. The van der Waals surface area contributed by atoms with Gasteiger partial charge in [0.15, 0.2) is 0 Å². The lowest BCUT2D eigenvalue weighted by molar-refractivity contribution is 0.217. The molecule has 0 saturated carbocycles. The number of hydrogen-bond donors (Lipinski definition) is 0. The van der Waals surface area contributed by atoms with Gasteiger partial charge in [-0.1, -0.05) is 59.8 Å². The van der Waals surface area contributed by atoms with Gasteiger partial charge in [0.1, 0.15) is 5.75 Å². The maximum atomic E-state index is 13.0. The molecule has 0 bridgehead atoms. The Morgan fingerprint density at radius 3 is 2.28 bits per heavy atom. The second kappa shape index (κ2) is 8.22. The van der Waals surface area contributed by atoms with E-state index in [-0.39, 0.29) is 10.8 Å². The van der Waals surface area contributed by atoms with Crippen LogP contribution < -0.4 is 4.74 Å². The minimum atomic E-state index is -3.57. The summed E-state index contributed by atoms with van der Waals surface area (Å²) in [5.41, 5.74) is 2.75. The molecule has 0 amide bonds. The Kier molecular flexibility index (Phi) is 5.24. The van der Waals surface area contributed by atoms with Crippen LogP contribution >= 0.6 is 0 Å². The van der Waals surface area contributed by atoms with E-state index in [4.69, 9.17) is 9.26 Å². The van der Waals surface area contributed by atoms with Crippen LogP contribution in [-0.2, 0) is 10.0 Å². The molecule has 8 heteroatoms. The monoisotopic (exact) mass is 447 g/mol. The highest BCUT2D eigenvalue weighted by Crippen LogP contribution is 2.34. The maximum absolute atomic E-state index is 13.0. The van der Waals surface area contributed by atoms with Gasteiger partial charge in [0.25, 0.3) is 0 Å². The maximum Gasteiger partial charge on any atom is 0.243 e. The van der Waals surface area contributed by atoms with Crippen molar-refractivity contribution >= 4 is 10.0 Å². The van der Waals surface area contributed by atoms with Crippen LogP contribution in [0.2, 0.25) is 0 Å².